The zero-order chi connectivity index (χ0) is 33.0. The van der Waals surface area contributed by atoms with E-state index in [1.54, 1.807) is 31.7 Å². The van der Waals surface area contributed by atoms with Gasteiger partial charge < -0.3 is 19.5 Å². The molecule has 47 heavy (non-hydrogen) atoms. The number of benzene rings is 2. The summed E-state index contributed by atoms with van der Waals surface area (Å²) in [5, 5.41) is 12.9. The van der Waals surface area contributed by atoms with Crippen molar-refractivity contribution in [2.75, 3.05) is 32.8 Å². The molecule has 1 spiro atoms. The minimum atomic E-state index is -1.06. The van der Waals surface area contributed by atoms with Crippen molar-refractivity contribution < 1.29 is 28.2 Å². The van der Waals surface area contributed by atoms with Gasteiger partial charge in [0.15, 0.2) is 0 Å². The summed E-state index contributed by atoms with van der Waals surface area (Å²) in [4.78, 5) is 31.0. The lowest BCUT2D eigenvalue weighted by Gasteiger charge is -2.53. The summed E-state index contributed by atoms with van der Waals surface area (Å²) in [6.45, 7) is 10.0. The molecule has 9 nitrogen and oxygen atoms in total. The number of halogens is 1. The van der Waals surface area contributed by atoms with Crippen LogP contribution in [-0.2, 0) is 37.6 Å². The van der Waals surface area contributed by atoms with Crippen LogP contribution in [0.2, 0.25) is 0 Å². The van der Waals surface area contributed by atoms with Gasteiger partial charge in [0.2, 0.25) is 5.91 Å². The van der Waals surface area contributed by atoms with Gasteiger partial charge in [0.05, 0.1) is 37.5 Å². The maximum Gasteiger partial charge on any atom is 0.411 e. The first-order valence-electron chi connectivity index (χ1n) is 17.1. The van der Waals surface area contributed by atoms with Gasteiger partial charge in [-0.15, -0.1) is 0 Å². The second-order valence-electron chi connectivity index (χ2n) is 15.1. The Morgan fingerprint density at radius 3 is 2.43 bits per heavy atom. The summed E-state index contributed by atoms with van der Waals surface area (Å²) in [5.74, 6) is -0.460. The van der Waals surface area contributed by atoms with Crippen LogP contribution in [0.25, 0.3) is 11.1 Å². The third-order valence-corrected chi connectivity index (χ3v) is 11.0. The van der Waals surface area contributed by atoms with Crippen LogP contribution in [-0.4, -0.2) is 77.9 Å². The molecule has 8 rings (SSSR count). The Morgan fingerprint density at radius 1 is 1.09 bits per heavy atom. The maximum atomic E-state index is 15.6. The summed E-state index contributed by atoms with van der Waals surface area (Å²) < 4.78 is 33.1. The van der Waals surface area contributed by atoms with Gasteiger partial charge in [-0.05, 0) is 105 Å². The molecule has 2 aromatic carbocycles. The summed E-state index contributed by atoms with van der Waals surface area (Å²) in [6.07, 6.45) is 4.07. The number of carbonyl (C=O) groups excluding carboxylic acids is 2. The smallest absolute Gasteiger partial charge is 0.411 e. The number of piperidine rings is 3. The molecule has 5 fully saturated rings. The number of rotatable bonds is 6. The van der Waals surface area contributed by atoms with Crippen molar-refractivity contribution in [3.8, 4) is 17.2 Å². The van der Waals surface area contributed by atoms with Crippen molar-refractivity contribution in [1.82, 2.24) is 15.1 Å². The number of nitrogens with zero attached hydrogens (tertiary/aromatic N) is 3. The highest BCUT2D eigenvalue weighted by atomic mass is 19.1. The monoisotopic (exact) mass is 644 g/mol. The Kier molecular flexibility index (Phi) is 8.30. The molecule has 2 bridgehead atoms. The van der Waals surface area contributed by atoms with Crippen molar-refractivity contribution >= 4 is 12.0 Å². The van der Waals surface area contributed by atoms with Gasteiger partial charge in [0.25, 0.3) is 0 Å². The molecule has 1 N–H and O–H groups in total. The second kappa shape index (κ2) is 12.2. The van der Waals surface area contributed by atoms with E-state index in [9.17, 15) is 14.9 Å². The number of carbonyl (C=O) groups is 2. The van der Waals surface area contributed by atoms with E-state index in [2.05, 4.69) is 28.4 Å². The maximum absolute atomic E-state index is 15.6. The first kappa shape index (κ1) is 32.0. The van der Waals surface area contributed by atoms with Crippen molar-refractivity contribution in [3.63, 3.8) is 0 Å². The molecule has 0 aromatic heterocycles. The Labute approximate surface area is 276 Å². The zero-order valence-corrected chi connectivity index (χ0v) is 27.6. The van der Waals surface area contributed by atoms with Gasteiger partial charge in [-0.1, -0.05) is 24.3 Å². The molecule has 5 aliphatic heterocycles. The number of fused-ring (bicyclic) bond motifs is 5. The minimum Gasteiger partial charge on any atom is -0.444 e. The van der Waals surface area contributed by atoms with E-state index in [0.29, 0.717) is 43.5 Å². The molecule has 2 amide bonds. The van der Waals surface area contributed by atoms with E-state index in [1.165, 1.54) is 17.2 Å². The molecule has 1 aliphatic carbocycles. The van der Waals surface area contributed by atoms with Crippen LogP contribution in [0, 0.1) is 23.1 Å². The topological polar surface area (TPSA) is 104 Å². The number of amides is 2. The number of nitrogens with one attached hydrogen (secondary N) is 1. The fraction of sp³-hybridized carbons (Fsp3) is 0.595. The average Bonchev–Trinajstić information content (AvgIpc) is 3.38. The predicted octanol–water partition coefficient (Wildman–Crippen LogP) is 5.44. The zero-order valence-electron chi connectivity index (χ0n) is 27.6. The molecule has 4 saturated heterocycles. The van der Waals surface area contributed by atoms with Gasteiger partial charge in [-0.25, -0.2) is 9.18 Å². The van der Waals surface area contributed by atoms with Crippen LogP contribution >= 0.6 is 0 Å². The SMILES string of the molecule is CC(C)(C)OC(=O)N1CC2CCC1(C(=O)N[C@H](C#N)Cc1ccc(-c3ccc4c(c3)C3(CCN(C5COC5)CC3)OC4)cc1F)CC2. The predicted molar refractivity (Wildman–Crippen MR) is 173 cm³/mol. The van der Waals surface area contributed by atoms with Gasteiger partial charge in [-0.2, -0.15) is 5.26 Å². The van der Waals surface area contributed by atoms with Crippen molar-refractivity contribution in [1.29, 1.82) is 5.26 Å². The largest absolute Gasteiger partial charge is 0.444 e. The highest BCUT2D eigenvalue weighted by molar-refractivity contribution is 5.91. The lowest BCUT2D eigenvalue weighted by molar-refractivity contribution is -0.142. The second-order valence-corrected chi connectivity index (χ2v) is 15.1. The number of ether oxygens (including phenoxy) is 3. The molecule has 6 aliphatic rings. The lowest BCUT2D eigenvalue weighted by Crippen LogP contribution is -2.68. The molecule has 10 heteroatoms. The van der Waals surface area contributed by atoms with Crippen LogP contribution < -0.4 is 5.32 Å². The lowest BCUT2D eigenvalue weighted by atomic mass is 9.70. The molecule has 1 saturated carbocycles. The highest BCUT2D eigenvalue weighted by Crippen LogP contribution is 2.46. The van der Waals surface area contributed by atoms with E-state index in [1.807, 2.05) is 12.1 Å². The standard InChI is InChI=1S/C37H45FN4O5/c1-35(2,3)47-34(44)42-20-24-8-10-36(42,11-9-24)33(43)40-29(19-39)16-27-6-4-26(18-32(27)38)25-5-7-28-21-46-37(31(28)17-25)12-14-41(15-13-37)30-22-45-23-30/h4-7,17-18,24,29-30H,8-16,20-23H2,1-3H3,(H,40,43)/t24?,29-,36?/m0/s1. The molecule has 1 atom stereocenters. The first-order chi connectivity index (χ1) is 22.5. The highest BCUT2D eigenvalue weighted by Gasteiger charge is 2.54. The van der Waals surface area contributed by atoms with Gasteiger partial charge in [-0.3, -0.25) is 14.6 Å². The molecule has 5 heterocycles. The van der Waals surface area contributed by atoms with Crippen molar-refractivity contribution in [3.05, 3.63) is 58.9 Å². The van der Waals surface area contributed by atoms with Crippen molar-refractivity contribution in [2.24, 2.45) is 5.92 Å². The summed E-state index contributed by atoms with van der Waals surface area (Å²) >= 11 is 0. The number of hydrogen-bond acceptors (Lipinski definition) is 7. The van der Waals surface area contributed by atoms with Crippen LogP contribution in [0.15, 0.2) is 36.4 Å². The fourth-order valence-corrected chi connectivity index (χ4v) is 8.19. The third-order valence-electron chi connectivity index (χ3n) is 11.0. The molecule has 250 valence electrons. The van der Waals surface area contributed by atoms with Crippen molar-refractivity contribution in [2.45, 2.75) is 101 Å². The Balaban J connectivity index is 1.04. The third kappa shape index (κ3) is 6.03. The Bertz CT molecular complexity index is 1580. The van der Waals surface area contributed by atoms with Crippen LogP contribution in [0.3, 0.4) is 0 Å². The molecule has 0 unspecified atom stereocenters. The van der Waals surface area contributed by atoms with E-state index in [-0.39, 0.29) is 17.9 Å². The van der Waals surface area contributed by atoms with E-state index in [0.717, 1.165) is 63.1 Å². The number of likely N-dealkylation sites (tertiary alicyclic amines) is 1. The quantitative estimate of drug-likeness (QED) is 0.447. The Hall–Kier alpha value is -3.52. The van der Waals surface area contributed by atoms with E-state index >= 15 is 4.39 Å². The van der Waals surface area contributed by atoms with Crippen LogP contribution in [0.4, 0.5) is 9.18 Å². The summed E-state index contributed by atoms with van der Waals surface area (Å²) in [5.41, 5.74) is 2.36. The summed E-state index contributed by atoms with van der Waals surface area (Å²) in [6, 6.07) is 13.1. The van der Waals surface area contributed by atoms with Gasteiger partial charge in [0.1, 0.15) is 23.0 Å². The molecule has 0 radical (unpaired) electrons. The number of hydrogen-bond donors (Lipinski definition) is 1. The fourth-order valence-electron chi connectivity index (χ4n) is 8.19. The first-order valence-corrected chi connectivity index (χ1v) is 17.1. The van der Waals surface area contributed by atoms with Crippen LogP contribution in [0.5, 0.6) is 0 Å². The van der Waals surface area contributed by atoms with E-state index in [4.69, 9.17) is 14.2 Å². The van der Waals surface area contributed by atoms with Gasteiger partial charge >= 0.3 is 6.09 Å². The number of nitriles is 1. The average molecular weight is 645 g/mol. The minimum absolute atomic E-state index is 0.0170. The van der Waals surface area contributed by atoms with Gasteiger partial charge in [0, 0.05) is 26.1 Å². The molecular formula is C37H45FN4O5. The molecule has 2 aromatic rings. The molecular weight excluding hydrogens is 599 g/mol. The van der Waals surface area contributed by atoms with Crippen LogP contribution in [0.1, 0.15) is 76.0 Å². The van der Waals surface area contributed by atoms with E-state index < -0.39 is 29.1 Å². The summed E-state index contributed by atoms with van der Waals surface area (Å²) in [7, 11) is 0. The normalized spacial score (nSPS) is 25.9. The Morgan fingerprint density at radius 2 is 1.79 bits per heavy atom.